The lowest BCUT2D eigenvalue weighted by molar-refractivity contribution is -0.116. The molecule has 1 aliphatic heterocycles. The van der Waals surface area contributed by atoms with Gasteiger partial charge in [0.1, 0.15) is 0 Å². The molecular weight excluding hydrogens is 236 g/mol. The van der Waals surface area contributed by atoms with Gasteiger partial charge in [-0.05, 0) is 35.2 Å². The van der Waals surface area contributed by atoms with Crippen molar-refractivity contribution in [3.63, 3.8) is 0 Å². The number of aryl methyl sites for hydroxylation is 1. The predicted molar refractivity (Wildman–Crippen MR) is 75.1 cm³/mol. The first-order valence-corrected chi connectivity index (χ1v) is 6.56. The third-order valence-corrected chi connectivity index (χ3v) is 3.71. The maximum Gasteiger partial charge on any atom is 0.224 e. The summed E-state index contributed by atoms with van der Waals surface area (Å²) in [4.78, 5) is 15.5. The molecule has 3 nitrogen and oxygen atoms in total. The maximum absolute atomic E-state index is 11.3. The zero-order chi connectivity index (χ0) is 13.2. The lowest BCUT2D eigenvalue weighted by atomic mass is 9.91. The Bertz CT molecular complexity index is 607. The molecule has 3 rings (SSSR count). The van der Waals surface area contributed by atoms with E-state index < -0.39 is 0 Å². The number of carbonyl (C=O) groups excluding carboxylic acids is 1. The number of hydrogen-bond donors (Lipinski definition) is 1. The molecule has 96 valence electrons. The van der Waals surface area contributed by atoms with Crippen LogP contribution in [0.2, 0.25) is 0 Å². The quantitative estimate of drug-likeness (QED) is 0.892. The zero-order valence-electron chi connectivity index (χ0n) is 10.9. The monoisotopic (exact) mass is 252 g/mol. The molecular formula is C16H16N2O. The molecule has 0 saturated carbocycles. The third kappa shape index (κ3) is 2.36. The number of hydrogen-bond acceptors (Lipinski definition) is 2. The van der Waals surface area contributed by atoms with E-state index in [1.165, 1.54) is 16.7 Å². The van der Waals surface area contributed by atoms with Gasteiger partial charge in [0.2, 0.25) is 5.91 Å². The van der Waals surface area contributed by atoms with Gasteiger partial charge in [-0.15, -0.1) is 0 Å². The van der Waals surface area contributed by atoms with Crippen molar-refractivity contribution in [2.24, 2.45) is 0 Å². The fourth-order valence-corrected chi connectivity index (χ4v) is 2.50. The fraction of sp³-hybridized carbons (Fsp3) is 0.250. The van der Waals surface area contributed by atoms with Crippen LogP contribution in [-0.4, -0.2) is 10.9 Å². The van der Waals surface area contributed by atoms with E-state index in [4.69, 9.17) is 0 Å². The summed E-state index contributed by atoms with van der Waals surface area (Å²) in [5, 5.41) is 2.91. The zero-order valence-corrected chi connectivity index (χ0v) is 10.9. The Hall–Kier alpha value is -2.16. The van der Waals surface area contributed by atoms with Crippen LogP contribution in [-0.2, 0) is 11.2 Å². The highest BCUT2D eigenvalue weighted by atomic mass is 16.1. The van der Waals surface area contributed by atoms with Crippen LogP contribution in [0.5, 0.6) is 0 Å². The minimum absolute atomic E-state index is 0.112. The fourth-order valence-electron chi connectivity index (χ4n) is 2.50. The van der Waals surface area contributed by atoms with E-state index in [-0.39, 0.29) is 5.91 Å². The molecule has 1 atom stereocenters. The lowest BCUT2D eigenvalue weighted by Crippen LogP contribution is -2.19. The smallest absolute Gasteiger partial charge is 0.224 e. The average Bonchev–Trinajstić information content (AvgIpc) is 2.47. The van der Waals surface area contributed by atoms with Gasteiger partial charge in [0.05, 0.1) is 0 Å². The van der Waals surface area contributed by atoms with Gasteiger partial charge in [0, 0.05) is 30.4 Å². The summed E-state index contributed by atoms with van der Waals surface area (Å²) in [6.45, 7) is 2.18. The summed E-state index contributed by atoms with van der Waals surface area (Å²) < 4.78 is 0. The first kappa shape index (κ1) is 11.9. The number of rotatable bonds is 2. The molecule has 1 amide bonds. The van der Waals surface area contributed by atoms with Crippen LogP contribution in [0.3, 0.4) is 0 Å². The molecule has 1 aromatic carbocycles. The average molecular weight is 252 g/mol. The summed E-state index contributed by atoms with van der Waals surface area (Å²) in [7, 11) is 0. The molecule has 1 aliphatic rings. The van der Waals surface area contributed by atoms with E-state index in [0.29, 0.717) is 12.3 Å². The molecule has 1 unspecified atom stereocenters. The van der Waals surface area contributed by atoms with Gasteiger partial charge >= 0.3 is 0 Å². The highest BCUT2D eigenvalue weighted by Gasteiger charge is 2.16. The molecule has 0 aliphatic carbocycles. The topological polar surface area (TPSA) is 42.0 Å². The molecule has 0 radical (unpaired) electrons. The van der Waals surface area contributed by atoms with Gasteiger partial charge in [-0.25, -0.2) is 0 Å². The highest BCUT2D eigenvalue weighted by molar-refractivity contribution is 5.93. The Labute approximate surface area is 112 Å². The molecule has 2 heterocycles. The predicted octanol–water partition coefficient (Wildman–Crippen LogP) is 3.12. The number of nitrogens with one attached hydrogen (secondary N) is 1. The van der Waals surface area contributed by atoms with Crippen LogP contribution < -0.4 is 5.32 Å². The minimum Gasteiger partial charge on any atom is -0.326 e. The first-order chi connectivity index (χ1) is 9.24. The summed E-state index contributed by atoms with van der Waals surface area (Å²) >= 11 is 0. The minimum atomic E-state index is 0.112. The Balaban J connectivity index is 1.92. The van der Waals surface area contributed by atoms with Crippen molar-refractivity contribution in [3.05, 3.63) is 59.4 Å². The molecule has 0 bridgehead atoms. The van der Waals surface area contributed by atoms with Gasteiger partial charge in [-0.2, -0.15) is 0 Å². The number of pyridine rings is 1. The lowest BCUT2D eigenvalue weighted by Gasteiger charge is -2.19. The standard InChI is InChI=1S/C16H16N2O/c1-11(14-3-2-8-17-10-14)12-4-6-15-13(9-12)5-7-16(19)18-15/h2-4,6,8-11H,5,7H2,1H3,(H,18,19). The summed E-state index contributed by atoms with van der Waals surface area (Å²) in [5.41, 5.74) is 4.66. The van der Waals surface area contributed by atoms with Crippen molar-refractivity contribution >= 4 is 11.6 Å². The Kier molecular flexibility index (Phi) is 3.03. The van der Waals surface area contributed by atoms with Crippen molar-refractivity contribution in [2.75, 3.05) is 5.32 Å². The van der Waals surface area contributed by atoms with E-state index in [1.54, 1.807) is 6.20 Å². The molecule has 0 spiro atoms. The van der Waals surface area contributed by atoms with Crippen LogP contribution in [0.1, 0.15) is 36.0 Å². The molecule has 1 N–H and O–H groups in total. The normalized spacial score (nSPS) is 15.5. The van der Waals surface area contributed by atoms with E-state index in [2.05, 4.69) is 35.4 Å². The second-order valence-corrected chi connectivity index (χ2v) is 4.97. The molecule has 19 heavy (non-hydrogen) atoms. The van der Waals surface area contributed by atoms with Crippen molar-refractivity contribution < 1.29 is 4.79 Å². The number of carbonyl (C=O) groups is 1. The second kappa shape index (κ2) is 4.84. The first-order valence-electron chi connectivity index (χ1n) is 6.56. The van der Waals surface area contributed by atoms with Crippen molar-refractivity contribution in [2.45, 2.75) is 25.7 Å². The van der Waals surface area contributed by atoms with E-state index >= 15 is 0 Å². The molecule has 0 saturated heterocycles. The van der Waals surface area contributed by atoms with Gasteiger partial charge < -0.3 is 5.32 Å². The van der Waals surface area contributed by atoms with Crippen molar-refractivity contribution in [1.82, 2.24) is 4.98 Å². The third-order valence-electron chi connectivity index (χ3n) is 3.71. The molecule has 3 heteroatoms. The van der Waals surface area contributed by atoms with Crippen LogP contribution in [0.4, 0.5) is 5.69 Å². The van der Waals surface area contributed by atoms with E-state index in [9.17, 15) is 4.79 Å². The van der Waals surface area contributed by atoms with E-state index in [0.717, 1.165) is 12.1 Å². The largest absolute Gasteiger partial charge is 0.326 e. The van der Waals surface area contributed by atoms with Crippen LogP contribution in [0.15, 0.2) is 42.7 Å². The number of benzene rings is 1. The molecule has 0 fully saturated rings. The van der Waals surface area contributed by atoms with Crippen LogP contribution in [0.25, 0.3) is 0 Å². The van der Waals surface area contributed by atoms with Gasteiger partial charge in [0.15, 0.2) is 0 Å². The molecule has 1 aromatic heterocycles. The van der Waals surface area contributed by atoms with Crippen LogP contribution in [0, 0.1) is 0 Å². The Morgan fingerprint density at radius 2 is 2.11 bits per heavy atom. The molecule has 2 aromatic rings. The van der Waals surface area contributed by atoms with Crippen molar-refractivity contribution in [3.8, 4) is 0 Å². The number of amides is 1. The van der Waals surface area contributed by atoms with Gasteiger partial charge in [-0.1, -0.05) is 25.1 Å². The van der Waals surface area contributed by atoms with E-state index in [1.807, 2.05) is 18.3 Å². The van der Waals surface area contributed by atoms with Crippen molar-refractivity contribution in [1.29, 1.82) is 0 Å². The van der Waals surface area contributed by atoms with Gasteiger partial charge in [0.25, 0.3) is 0 Å². The Morgan fingerprint density at radius 1 is 1.21 bits per heavy atom. The second-order valence-electron chi connectivity index (χ2n) is 4.97. The number of fused-ring (bicyclic) bond motifs is 1. The summed E-state index contributed by atoms with van der Waals surface area (Å²) in [5.74, 6) is 0.428. The van der Waals surface area contributed by atoms with Crippen LogP contribution >= 0.6 is 0 Å². The SMILES string of the molecule is CC(c1cccnc1)c1ccc2c(c1)CCC(=O)N2. The Morgan fingerprint density at radius 3 is 2.89 bits per heavy atom. The number of aromatic nitrogens is 1. The maximum atomic E-state index is 11.3. The summed E-state index contributed by atoms with van der Waals surface area (Å²) in [6, 6.07) is 10.4. The summed E-state index contributed by atoms with van der Waals surface area (Å²) in [6.07, 6.45) is 5.11. The van der Waals surface area contributed by atoms with Gasteiger partial charge in [-0.3, -0.25) is 9.78 Å². The number of anilines is 1. The number of nitrogens with zero attached hydrogens (tertiary/aromatic N) is 1. The highest BCUT2D eigenvalue weighted by Crippen LogP contribution is 2.29.